The third-order valence-electron chi connectivity index (χ3n) is 6.76. The van der Waals surface area contributed by atoms with Crippen molar-refractivity contribution in [2.75, 3.05) is 18.0 Å². The summed E-state index contributed by atoms with van der Waals surface area (Å²) in [7, 11) is 0. The van der Waals surface area contributed by atoms with Gasteiger partial charge in [0.2, 0.25) is 0 Å². The van der Waals surface area contributed by atoms with Crippen LogP contribution in [0.1, 0.15) is 44.0 Å². The van der Waals surface area contributed by atoms with Crippen LogP contribution in [0.3, 0.4) is 0 Å². The predicted octanol–water partition coefficient (Wildman–Crippen LogP) is 7.09. The van der Waals surface area contributed by atoms with Gasteiger partial charge in [0.25, 0.3) is 5.91 Å². The van der Waals surface area contributed by atoms with Gasteiger partial charge in [-0.1, -0.05) is 18.2 Å². The van der Waals surface area contributed by atoms with E-state index in [1.54, 1.807) is 34.5 Å². The zero-order valence-electron chi connectivity index (χ0n) is 22.6. The molecule has 1 fully saturated rings. The van der Waals surface area contributed by atoms with Crippen LogP contribution in [0.15, 0.2) is 73.2 Å². The van der Waals surface area contributed by atoms with E-state index >= 15 is 4.39 Å². The number of halogens is 2. The van der Waals surface area contributed by atoms with Gasteiger partial charge in [-0.15, -0.1) is 0 Å². The summed E-state index contributed by atoms with van der Waals surface area (Å²) in [5.74, 6) is -0.670. The van der Waals surface area contributed by atoms with Gasteiger partial charge in [0.15, 0.2) is 0 Å². The highest BCUT2D eigenvalue weighted by atomic mass is 127. The molecule has 1 saturated heterocycles. The Kier molecular flexibility index (Phi) is 8.02. The van der Waals surface area contributed by atoms with Gasteiger partial charge >= 0.3 is 6.09 Å². The van der Waals surface area contributed by atoms with Crippen molar-refractivity contribution in [3.8, 4) is 11.1 Å². The Labute approximate surface area is 246 Å². The first-order valence-corrected chi connectivity index (χ1v) is 14.2. The number of piperidine rings is 1. The highest BCUT2D eigenvalue weighted by molar-refractivity contribution is 14.1. The maximum absolute atomic E-state index is 15.1. The molecule has 2 aromatic heterocycles. The molecule has 4 aromatic rings. The van der Waals surface area contributed by atoms with Crippen LogP contribution >= 0.6 is 22.6 Å². The van der Waals surface area contributed by atoms with Crippen LogP contribution in [0.4, 0.5) is 15.0 Å². The number of carbonyl (C=O) groups is 2. The molecule has 9 heteroatoms. The Bertz CT molecular complexity index is 1560. The molecule has 1 aliphatic rings. The fourth-order valence-electron chi connectivity index (χ4n) is 4.95. The van der Waals surface area contributed by atoms with E-state index in [0.717, 1.165) is 21.9 Å². The number of amides is 2. The Morgan fingerprint density at radius 2 is 1.90 bits per heavy atom. The minimum absolute atomic E-state index is 0.0411. The summed E-state index contributed by atoms with van der Waals surface area (Å²) in [4.78, 5) is 39.1. The van der Waals surface area contributed by atoms with Gasteiger partial charge in [0.05, 0.1) is 11.6 Å². The smallest absolute Gasteiger partial charge is 0.410 e. The number of benzene rings is 2. The van der Waals surface area contributed by atoms with Gasteiger partial charge in [-0.3, -0.25) is 14.7 Å². The summed E-state index contributed by atoms with van der Waals surface area (Å²) < 4.78 is 21.4. The first-order chi connectivity index (χ1) is 19.1. The minimum atomic E-state index is -0.646. The SMILES string of the molecule is CC(C)(C)OC(=O)N1CCC[C@@H](N(C(=O)c2ccc(I)cc2F)c2nccc3cc(-c4cccnc4)ccc23)C1. The lowest BCUT2D eigenvalue weighted by atomic mass is 10.00. The Hall–Kier alpha value is -3.60. The zero-order chi connectivity index (χ0) is 28.4. The van der Waals surface area contributed by atoms with Crippen LogP contribution in [-0.2, 0) is 4.74 Å². The van der Waals surface area contributed by atoms with Crippen LogP contribution in [0.5, 0.6) is 0 Å². The third-order valence-corrected chi connectivity index (χ3v) is 7.43. The van der Waals surface area contributed by atoms with Crippen molar-refractivity contribution in [1.82, 2.24) is 14.9 Å². The maximum atomic E-state index is 15.1. The standard InChI is InChI=1S/C31H30FIN4O3/c1-31(2,3)40-30(39)36-15-5-7-24(19-36)37(29(38)26-11-9-23(33)17-27(26)32)28-25-10-8-20(16-21(25)12-14-35-28)22-6-4-13-34-18-22/h4,6,8-14,16-18,24H,5,7,15,19H2,1-3H3/t24-/m1/s1. The molecule has 206 valence electrons. The van der Waals surface area contributed by atoms with Gasteiger partial charge in [0.1, 0.15) is 17.2 Å². The van der Waals surface area contributed by atoms with Crippen LogP contribution in [0.2, 0.25) is 0 Å². The molecule has 0 radical (unpaired) electrons. The lowest BCUT2D eigenvalue weighted by molar-refractivity contribution is 0.0196. The van der Waals surface area contributed by atoms with Crippen molar-refractivity contribution >= 4 is 51.2 Å². The Morgan fingerprint density at radius 3 is 2.62 bits per heavy atom. The molecular formula is C31H30FIN4O3. The summed E-state index contributed by atoms with van der Waals surface area (Å²) in [6.45, 7) is 6.23. The average molecular weight is 653 g/mol. The van der Waals surface area contributed by atoms with E-state index < -0.39 is 29.5 Å². The predicted molar refractivity (Wildman–Crippen MR) is 162 cm³/mol. The van der Waals surface area contributed by atoms with Crippen LogP contribution < -0.4 is 4.90 Å². The summed E-state index contributed by atoms with van der Waals surface area (Å²) in [6.07, 6.45) is 6.04. The molecule has 0 N–H and O–H groups in total. The molecule has 1 aliphatic heterocycles. The molecule has 0 bridgehead atoms. The lowest BCUT2D eigenvalue weighted by Crippen LogP contribution is -2.53. The topological polar surface area (TPSA) is 75.6 Å². The van der Waals surface area contributed by atoms with E-state index in [9.17, 15) is 9.59 Å². The number of anilines is 1. The van der Waals surface area contributed by atoms with Crippen molar-refractivity contribution in [3.63, 3.8) is 0 Å². The first kappa shape index (κ1) is 27.9. The molecule has 3 heterocycles. The largest absolute Gasteiger partial charge is 0.444 e. The fraction of sp³-hybridized carbons (Fsp3) is 0.290. The van der Waals surface area contributed by atoms with Crippen LogP contribution in [-0.4, -0.2) is 51.6 Å². The number of likely N-dealkylation sites (tertiary alicyclic amines) is 1. The highest BCUT2D eigenvalue weighted by Gasteiger charge is 2.36. The number of rotatable bonds is 4. The quantitative estimate of drug-likeness (QED) is 0.220. The molecule has 2 aromatic carbocycles. The number of ether oxygens (including phenoxy) is 1. The molecular weight excluding hydrogens is 622 g/mol. The Morgan fingerprint density at radius 1 is 1.07 bits per heavy atom. The molecule has 40 heavy (non-hydrogen) atoms. The second-order valence-electron chi connectivity index (χ2n) is 10.8. The van der Waals surface area contributed by atoms with Crippen LogP contribution in [0, 0.1) is 9.39 Å². The molecule has 7 nitrogen and oxygen atoms in total. The van der Waals surface area contributed by atoms with Crippen molar-refractivity contribution in [1.29, 1.82) is 0 Å². The lowest BCUT2D eigenvalue weighted by Gasteiger charge is -2.39. The van der Waals surface area contributed by atoms with E-state index in [-0.39, 0.29) is 12.1 Å². The van der Waals surface area contributed by atoms with Crippen LogP contribution in [0.25, 0.3) is 21.9 Å². The van der Waals surface area contributed by atoms with Gasteiger partial charge in [0, 0.05) is 46.2 Å². The third kappa shape index (κ3) is 6.09. The van der Waals surface area contributed by atoms with E-state index in [2.05, 4.69) is 9.97 Å². The van der Waals surface area contributed by atoms with E-state index in [1.807, 2.05) is 79.8 Å². The van der Waals surface area contributed by atoms with Gasteiger partial charge in [-0.25, -0.2) is 14.2 Å². The molecule has 2 amide bonds. The average Bonchev–Trinajstić information content (AvgIpc) is 2.92. The molecule has 0 saturated carbocycles. The number of hydrogen-bond acceptors (Lipinski definition) is 5. The summed E-state index contributed by atoms with van der Waals surface area (Å²) in [5, 5.41) is 1.64. The number of aromatic nitrogens is 2. The maximum Gasteiger partial charge on any atom is 0.410 e. The molecule has 0 unspecified atom stereocenters. The minimum Gasteiger partial charge on any atom is -0.444 e. The normalized spacial score (nSPS) is 15.6. The number of pyridine rings is 2. The van der Waals surface area contributed by atoms with E-state index in [1.165, 1.54) is 12.1 Å². The summed E-state index contributed by atoms with van der Waals surface area (Å²) in [5.41, 5.74) is 1.26. The first-order valence-electron chi connectivity index (χ1n) is 13.2. The van der Waals surface area contributed by atoms with Crippen molar-refractivity contribution < 1.29 is 18.7 Å². The van der Waals surface area contributed by atoms with Crippen molar-refractivity contribution in [2.24, 2.45) is 0 Å². The zero-order valence-corrected chi connectivity index (χ0v) is 24.8. The Balaban J connectivity index is 1.58. The number of fused-ring (bicyclic) bond motifs is 1. The molecule has 0 spiro atoms. The highest BCUT2D eigenvalue weighted by Crippen LogP contribution is 2.33. The second kappa shape index (κ2) is 11.5. The summed E-state index contributed by atoms with van der Waals surface area (Å²) in [6, 6.07) is 15.8. The number of hydrogen-bond donors (Lipinski definition) is 0. The van der Waals surface area contributed by atoms with Crippen molar-refractivity contribution in [3.05, 3.63) is 88.1 Å². The number of nitrogens with zero attached hydrogens (tertiary/aromatic N) is 4. The van der Waals surface area contributed by atoms with Crippen molar-refractivity contribution in [2.45, 2.75) is 45.3 Å². The molecule has 0 aliphatic carbocycles. The van der Waals surface area contributed by atoms with E-state index in [0.29, 0.717) is 28.8 Å². The summed E-state index contributed by atoms with van der Waals surface area (Å²) >= 11 is 2.02. The fourth-order valence-corrected chi connectivity index (χ4v) is 5.41. The van der Waals surface area contributed by atoms with Gasteiger partial charge in [-0.2, -0.15) is 0 Å². The molecule has 1 atom stereocenters. The van der Waals surface area contributed by atoms with Gasteiger partial charge < -0.3 is 9.64 Å². The monoisotopic (exact) mass is 652 g/mol. The second-order valence-corrected chi connectivity index (χ2v) is 12.1. The van der Waals surface area contributed by atoms with Gasteiger partial charge in [-0.05, 0) is 104 Å². The number of carbonyl (C=O) groups excluding carboxylic acids is 2. The van der Waals surface area contributed by atoms with E-state index in [4.69, 9.17) is 4.74 Å². The molecule has 5 rings (SSSR count).